The molecule has 1 saturated heterocycles. The molecule has 2 aromatic carbocycles. The van der Waals surface area contributed by atoms with Gasteiger partial charge < -0.3 is 15.1 Å². The van der Waals surface area contributed by atoms with Crippen molar-refractivity contribution in [3.63, 3.8) is 0 Å². The van der Waals surface area contributed by atoms with E-state index in [1.54, 1.807) is 42.5 Å². The number of hydrogen-bond acceptors (Lipinski definition) is 4. The molecule has 1 aliphatic heterocycles. The lowest BCUT2D eigenvalue weighted by molar-refractivity contribution is -0.142. The topological polar surface area (TPSA) is 94.9 Å². The van der Waals surface area contributed by atoms with Crippen LogP contribution in [0.15, 0.2) is 60.2 Å². The summed E-state index contributed by atoms with van der Waals surface area (Å²) < 4.78 is 0. The number of amides is 1. The maximum absolute atomic E-state index is 12.7. The van der Waals surface area contributed by atoms with E-state index < -0.39 is 23.7 Å². The van der Waals surface area contributed by atoms with Gasteiger partial charge in [-0.1, -0.05) is 60.2 Å². The number of nitrogens with zero attached hydrogens (tertiary/aromatic N) is 1. The molecular weight excluding hydrogens is 346 g/mol. The van der Waals surface area contributed by atoms with Crippen LogP contribution in [0.25, 0.3) is 5.76 Å². The number of aliphatic hydroxyl groups excluding tert-OH is 1. The summed E-state index contributed by atoms with van der Waals surface area (Å²) in [6.45, 7) is 1.79. The number of benzene rings is 2. The molecule has 138 valence electrons. The van der Waals surface area contributed by atoms with Gasteiger partial charge >= 0.3 is 5.97 Å². The third kappa shape index (κ3) is 3.60. The van der Waals surface area contributed by atoms with Crippen LogP contribution >= 0.6 is 0 Å². The molecule has 1 atom stereocenters. The van der Waals surface area contributed by atoms with Gasteiger partial charge in [-0.3, -0.25) is 14.4 Å². The molecular formula is C21H19NO5. The fourth-order valence-corrected chi connectivity index (χ4v) is 3.17. The Hall–Kier alpha value is -3.41. The zero-order valence-corrected chi connectivity index (χ0v) is 14.8. The summed E-state index contributed by atoms with van der Waals surface area (Å²) >= 11 is 0. The number of carbonyl (C=O) groups excluding carboxylic acids is 2. The molecule has 0 aromatic heterocycles. The summed E-state index contributed by atoms with van der Waals surface area (Å²) in [4.78, 5) is 37.4. The molecule has 27 heavy (non-hydrogen) atoms. The molecule has 1 amide bonds. The minimum Gasteiger partial charge on any atom is -0.507 e. The van der Waals surface area contributed by atoms with Crippen LogP contribution in [0.5, 0.6) is 0 Å². The molecule has 2 aromatic rings. The minimum atomic E-state index is -1.07. The van der Waals surface area contributed by atoms with Gasteiger partial charge in [0.2, 0.25) is 0 Å². The summed E-state index contributed by atoms with van der Waals surface area (Å²) in [5.41, 5.74) is 2.04. The molecule has 1 unspecified atom stereocenters. The molecule has 6 heteroatoms. The average Bonchev–Trinajstić information content (AvgIpc) is 2.91. The Morgan fingerprint density at radius 3 is 2.22 bits per heavy atom. The van der Waals surface area contributed by atoms with Crippen molar-refractivity contribution in [2.75, 3.05) is 6.54 Å². The second-order valence-corrected chi connectivity index (χ2v) is 6.41. The number of ketones is 1. The van der Waals surface area contributed by atoms with Crippen molar-refractivity contribution < 1.29 is 24.6 Å². The van der Waals surface area contributed by atoms with Crippen molar-refractivity contribution in [3.8, 4) is 0 Å². The Morgan fingerprint density at radius 2 is 1.63 bits per heavy atom. The first-order chi connectivity index (χ1) is 12.9. The largest absolute Gasteiger partial charge is 0.507 e. The highest BCUT2D eigenvalue weighted by atomic mass is 16.4. The zero-order chi connectivity index (χ0) is 19.6. The van der Waals surface area contributed by atoms with Crippen LogP contribution < -0.4 is 0 Å². The quantitative estimate of drug-likeness (QED) is 0.483. The fourth-order valence-electron chi connectivity index (χ4n) is 3.17. The van der Waals surface area contributed by atoms with Gasteiger partial charge in [0.1, 0.15) is 5.76 Å². The summed E-state index contributed by atoms with van der Waals surface area (Å²) in [7, 11) is 0. The lowest BCUT2D eigenvalue weighted by Gasteiger charge is -2.24. The number of aliphatic hydroxyl groups is 1. The van der Waals surface area contributed by atoms with Crippen molar-refractivity contribution in [1.29, 1.82) is 0 Å². The van der Waals surface area contributed by atoms with Crippen LogP contribution in [-0.4, -0.2) is 39.3 Å². The van der Waals surface area contributed by atoms with Gasteiger partial charge in [-0.2, -0.15) is 0 Å². The lowest BCUT2D eigenvalue weighted by Crippen LogP contribution is -2.31. The van der Waals surface area contributed by atoms with E-state index in [2.05, 4.69) is 0 Å². The predicted octanol–water partition coefficient (Wildman–Crippen LogP) is 2.89. The molecule has 0 bridgehead atoms. The first-order valence-corrected chi connectivity index (χ1v) is 8.52. The first-order valence-electron chi connectivity index (χ1n) is 8.52. The number of aryl methyl sites for hydroxylation is 1. The Balaban J connectivity index is 2.14. The molecule has 2 N–H and O–H groups in total. The number of hydrogen-bond donors (Lipinski definition) is 2. The SMILES string of the molecule is Cc1ccc(C2/C(=C(/O)c3ccccc3)C(=O)C(=O)N2CCC(=O)O)cc1. The van der Waals surface area contributed by atoms with Crippen molar-refractivity contribution in [1.82, 2.24) is 4.90 Å². The number of carboxylic acid groups (broad SMARTS) is 1. The van der Waals surface area contributed by atoms with Crippen molar-refractivity contribution in [2.24, 2.45) is 0 Å². The maximum Gasteiger partial charge on any atom is 0.305 e. The number of likely N-dealkylation sites (tertiary alicyclic amines) is 1. The lowest BCUT2D eigenvalue weighted by atomic mass is 9.94. The summed E-state index contributed by atoms with van der Waals surface area (Å²) in [6, 6.07) is 14.9. The molecule has 0 radical (unpaired) electrons. The molecule has 0 aliphatic carbocycles. The molecule has 1 aliphatic rings. The normalized spacial score (nSPS) is 18.7. The standard InChI is InChI=1S/C21H19NO5/c1-13-7-9-14(10-8-13)18-17(19(25)15-5-3-2-4-6-15)20(26)21(27)22(18)12-11-16(23)24/h2-10,18,25H,11-12H2,1H3,(H,23,24)/b19-17-. The number of Topliss-reactive ketones (excluding diaryl/α,β-unsaturated/α-hetero) is 1. The fraction of sp³-hybridized carbons (Fsp3) is 0.190. The molecule has 3 rings (SSSR count). The van der Waals surface area contributed by atoms with Crippen LogP contribution in [0.3, 0.4) is 0 Å². The van der Waals surface area contributed by atoms with E-state index >= 15 is 0 Å². The monoisotopic (exact) mass is 365 g/mol. The van der Waals surface area contributed by atoms with Crippen LogP contribution in [0.2, 0.25) is 0 Å². The Labute approximate surface area is 156 Å². The van der Waals surface area contributed by atoms with E-state index in [4.69, 9.17) is 5.11 Å². The number of carbonyl (C=O) groups is 3. The van der Waals surface area contributed by atoms with Gasteiger partial charge in [0.15, 0.2) is 0 Å². The predicted molar refractivity (Wildman–Crippen MR) is 98.9 cm³/mol. The smallest absolute Gasteiger partial charge is 0.305 e. The van der Waals surface area contributed by atoms with Gasteiger partial charge in [0, 0.05) is 12.1 Å². The first kappa shape index (κ1) is 18.4. The van der Waals surface area contributed by atoms with Crippen LogP contribution in [0.1, 0.15) is 29.2 Å². The third-order valence-electron chi connectivity index (χ3n) is 4.55. The second kappa shape index (κ2) is 7.45. The van der Waals surface area contributed by atoms with Gasteiger partial charge in [-0.05, 0) is 12.5 Å². The number of carboxylic acids is 1. The number of aliphatic carboxylic acids is 1. The van der Waals surface area contributed by atoms with E-state index in [-0.39, 0.29) is 24.3 Å². The highest BCUT2D eigenvalue weighted by molar-refractivity contribution is 6.46. The number of rotatable bonds is 5. The zero-order valence-electron chi connectivity index (χ0n) is 14.8. The third-order valence-corrected chi connectivity index (χ3v) is 4.55. The minimum absolute atomic E-state index is 0.0274. The van der Waals surface area contributed by atoms with Crippen molar-refractivity contribution in [2.45, 2.75) is 19.4 Å². The summed E-state index contributed by atoms with van der Waals surface area (Å²) in [6.07, 6.45) is -0.291. The highest BCUT2D eigenvalue weighted by Gasteiger charge is 2.45. The highest BCUT2D eigenvalue weighted by Crippen LogP contribution is 2.39. The van der Waals surface area contributed by atoms with Crippen LogP contribution in [-0.2, 0) is 14.4 Å². The van der Waals surface area contributed by atoms with Crippen LogP contribution in [0.4, 0.5) is 0 Å². The second-order valence-electron chi connectivity index (χ2n) is 6.41. The molecule has 1 fully saturated rings. The Morgan fingerprint density at radius 1 is 1.00 bits per heavy atom. The van der Waals surface area contributed by atoms with Crippen molar-refractivity contribution >= 4 is 23.4 Å². The molecule has 1 heterocycles. The van der Waals surface area contributed by atoms with E-state index in [0.717, 1.165) is 5.56 Å². The average molecular weight is 365 g/mol. The van der Waals surface area contributed by atoms with Gasteiger partial charge in [0.05, 0.1) is 18.0 Å². The molecule has 0 saturated carbocycles. The van der Waals surface area contributed by atoms with E-state index in [9.17, 15) is 19.5 Å². The Kier molecular flexibility index (Phi) is 5.07. The molecule has 6 nitrogen and oxygen atoms in total. The van der Waals surface area contributed by atoms with Crippen LogP contribution in [0, 0.1) is 6.92 Å². The summed E-state index contributed by atoms with van der Waals surface area (Å²) in [5.74, 6) is -2.95. The van der Waals surface area contributed by atoms with Gasteiger partial charge in [-0.25, -0.2) is 0 Å². The van der Waals surface area contributed by atoms with Crippen molar-refractivity contribution in [3.05, 3.63) is 76.9 Å². The summed E-state index contributed by atoms with van der Waals surface area (Å²) in [5, 5.41) is 19.7. The van der Waals surface area contributed by atoms with E-state index in [1.807, 2.05) is 19.1 Å². The molecule has 0 spiro atoms. The Bertz CT molecular complexity index is 915. The van der Waals surface area contributed by atoms with E-state index in [0.29, 0.717) is 11.1 Å². The van der Waals surface area contributed by atoms with Gasteiger partial charge in [-0.15, -0.1) is 0 Å². The maximum atomic E-state index is 12.7. The van der Waals surface area contributed by atoms with E-state index in [1.165, 1.54) is 4.90 Å². The van der Waals surface area contributed by atoms with Gasteiger partial charge in [0.25, 0.3) is 11.7 Å².